The third-order valence-corrected chi connectivity index (χ3v) is 3.66. The van der Waals surface area contributed by atoms with Gasteiger partial charge in [-0.1, -0.05) is 23.7 Å². The Morgan fingerprint density at radius 2 is 2.30 bits per heavy atom. The predicted molar refractivity (Wildman–Crippen MR) is 80.2 cm³/mol. The van der Waals surface area contributed by atoms with Crippen LogP contribution in [0, 0.1) is 0 Å². The number of para-hydroxylation sites is 1. The van der Waals surface area contributed by atoms with Gasteiger partial charge in [0.1, 0.15) is 5.75 Å². The van der Waals surface area contributed by atoms with Crippen LogP contribution in [0.25, 0.3) is 0 Å². The molecule has 1 saturated heterocycles. The molecule has 0 spiro atoms. The summed E-state index contributed by atoms with van der Waals surface area (Å²) in [5.74, 6) is 0.756. The molecule has 1 unspecified atom stereocenters. The Hall–Kier alpha value is -1.26. The number of amides is 1. The summed E-state index contributed by atoms with van der Waals surface area (Å²) >= 11 is 5.98. The van der Waals surface area contributed by atoms with E-state index in [0.717, 1.165) is 19.5 Å². The Morgan fingerprint density at radius 1 is 1.45 bits per heavy atom. The first kappa shape index (κ1) is 15.1. The van der Waals surface area contributed by atoms with Crippen molar-refractivity contribution in [3.05, 3.63) is 29.3 Å². The second-order valence-corrected chi connectivity index (χ2v) is 5.39. The summed E-state index contributed by atoms with van der Waals surface area (Å²) in [7, 11) is 0. The van der Waals surface area contributed by atoms with Gasteiger partial charge in [0.25, 0.3) is 0 Å². The highest BCUT2D eigenvalue weighted by Gasteiger charge is 2.14. The van der Waals surface area contributed by atoms with Crippen LogP contribution >= 0.6 is 11.6 Å². The molecule has 1 atom stereocenters. The van der Waals surface area contributed by atoms with E-state index < -0.39 is 0 Å². The van der Waals surface area contributed by atoms with Crippen molar-refractivity contribution in [3.8, 4) is 5.75 Å². The molecule has 20 heavy (non-hydrogen) atoms. The number of carbonyl (C=O) groups is 1. The Kier molecular flexibility index (Phi) is 6.15. The lowest BCUT2D eigenvalue weighted by atomic mass is 10.2. The minimum Gasteiger partial charge on any atom is -0.492 e. The van der Waals surface area contributed by atoms with E-state index >= 15 is 0 Å². The zero-order chi connectivity index (χ0) is 14.2. The number of nitrogens with one attached hydrogen (secondary N) is 2. The Balaban J connectivity index is 1.56. The maximum atomic E-state index is 11.7. The van der Waals surface area contributed by atoms with Crippen molar-refractivity contribution < 1.29 is 9.53 Å². The minimum absolute atomic E-state index is 0.0847. The summed E-state index contributed by atoms with van der Waals surface area (Å²) in [6.45, 7) is 2.29. The van der Waals surface area contributed by atoms with Crippen LogP contribution in [0.1, 0.15) is 25.7 Å². The second kappa shape index (κ2) is 8.12. The van der Waals surface area contributed by atoms with Crippen molar-refractivity contribution in [2.45, 2.75) is 31.7 Å². The van der Waals surface area contributed by atoms with Gasteiger partial charge >= 0.3 is 0 Å². The fourth-order valence-corrected chi connectivity index (χ4v) is 2.42. The summed E-state index contributed by atoms with van der Waals surface area (Å²) in [5.41, 5.74) is 0. The minimum atomic E-state index is 0.0847. The highest BCUT2D eigenvalue weighted by molar-refractivity contribution is 6.32. The third-order valence-electron chi connectivity index (χ3n) is 3.35. The van der Waals surface area contributed by atoms with Gasteiger partial charge in [0, 0.05) is 19.0 Å². The molecule has 0 radical (unpaired) electrons. The molecule has 1 amide bonds. The summed E-state index contributed by atoms with van der Waals surface area (Å²) in [5, 5.41) is 6.91. The average molecular weight is 297 g/mol. The number of hydrogen-bond acceptors (Lipinski definition) is 3. The van der Waals surface area contributed by atoms with Gasteiger partial charge in [0.2, 0.25) is 5.91 Å². The van der Waals surface area contributed by atoms with E-state index in [0.29, 0.717) is 36.3 Å². The fourth-order valence-electron chi connectivity index (χ4n) is 2.23. The smallest absolute Gasteiger partial charge is 0.220 e. The molecule has 0 bridgehead atoms. The maximum Gasteiger partial charge on any atom is 0.220 e. The SMILES string of the molecule is O=C(CCCOc1ccccc1Cl)NCC1CCCN1. The Labute approximate surface area is 124 Å². The molecular weight excluding hydrogens is 276 g/mol. The number of hydrogen-bond donors (Lipinski definition) is 2. The Bertz CT molecular complexity index is 434. The van der Waals surface area contributed by atoms with Crippen molar-refractivity contribution in [1.82, 2.24) is 10.6 Å². The molecule has 0 saturated carbocycles. The zero-order valence-electron chi connectivity index (χ0n) is 11.5. The van der Waals surface area contributed by atoms with Crippen molar-refractivity contribution >= 4 is 17.5 Å². The third kappa shape index (κ3) is 5.02. The molecule has 1 aliphatic rings. The van der Waals surface area contributed by atoms with Gasteiger partial charge in [-0.05, 0) is 37.9 Å². The summed E-state index contributed by atoms with van der Waals surface area (Å²) in [6, 6.07) is 7.80. The standard InChI is InChI=1S/C15H21ClN2O2/c16-13-6-1-2-7-14(13)20-10-4-8-15(19)18-11-12-5-3-9-17-12/h1-2,6-7,12,17H,3-5,8-11H2,(H,18,19). The van der Waals surface area contributed by atoms with E-state index in [2.05, 4.69) is 10.6 Å². The monoisotopic (exact) mass is 296 g/mol. The zero-order valence-corrected chi connectivity index (χ0v) is 12.3. The molecule has 1 heterocycles. The van der Waals surface area contributed by atoms with Crippen LogP contribution in [0.5, 0.6) is 5.75 Å². The van der Waals surface area contributed by atoms with Crippen molar-refractivity contribution in [1.29, 1.82) is 0 Å². The topological polar surface area (TPSA) is 50.4 Å². The summed E-state index contributed by atoms with van der Waals surface area (Å²) < 4.78 is 5.54. The van der Waals surface area contributed by atoms with Crippen LogP contribution in [0.2, 0.25) is 5.02 Å². The van der Waals surface area contributed by atoms with Crippen molar-refractivity contribution in [3.63, 3.8) is 0 Å². The lowest BCUT2D eigenvalue weighted by molar-refractivity contribution is -0.121. The van der Waals surface area contributed by atoms with Crippen LogP contribution in [0.4, 0.5) is 0 Å². The van der Waals surface area contributed by atoms with Gasteiger partial charge < -0.3 is 15.4 Å². The number of benzene rings is 1. The molecule has 1 aromatic carbocycles. The quantitative estimate of drug-likeness (QED) is 0.760. The van der Waals surface area contributed by atoms with Crippen molar-refractivity contribution in [2.24, 2.45) is 0 Å². The predicted octanol–water partition coefficient (Wildman–Crippen LogP) is 2.37. The lowest BCUT2D eigenvalue weighted by Crippen LogP contribution is -2.37. The van der Waals surface area contributed by atoms with E-state index in [1.807, 2.05) is 18.2 Å². The highest BCUT2D eigenvalue weighted by Crippen LogP contribution is 2.23. The number of carbonyl (C=O) groups excluding carboxylic acids is 1. The van der Waals surface area contributed by atoms with Gasteiger partial charge in [0.05, 0.1) is 11.6 Å². The highest BCUT2D eigenvalue weighted by atomic mass is 35.5. The lowest BCUT2D eigenvalue weighted by Gasteiger charge is -2.11. The van der Waals surface area contributed by atoms with Crippen LogP contribution in [0.3, 0.4) is 0 Å². The van der Waals surface area contributed by atoms with Gasteiger partial charge in [-0.15, -0.1) is 0 Å². The van der Waals surface area contributed by atoms with Gasteiger partial charge in [0.15, 0.2) is 0 Å². The molecule has 1 aromatic rings. The van der Waals surface area contributed by atoms with E-state index in [1.54, 1.807) is 6.07 Å². The summed E-state index contributed by atoms with van der Waals surface area (Å²) in [4.78, 5) is 11.7. The first-order valence-electron chi connectivity index (χ1n) is 7.13. The molecule has 0 aliphatic carbocycles. The normalized spacial score (nSPS) is 17.9. The molecule has 2 N–H and O–H groups in total. The molecule has 0 aromatic heterocycles. The summed E-state index contributed by atoms with van der Waals surface area (Å²) in [6.07, 6.45) is 3.52. The van der Waals surface area contributed by atoms with E-state index in [9.17, 15) is 4.79 Å². The van der Waals surface area contributed by atoms with E-state index in [-0.39, 0.29) is 5.91 Å². The molecule has 1 fully saturated rings. The van der Waals surface area contributed by atoms with Crippen LogP contribution in [-0.4, -0.2) is 31.6 Å². The molecule has 2 rings (SSSR count). The van der Waals surface area contributed by atoms with Crippen LogP contribution in [0.15, 0.2) is 24.3 Å². The number of halogens is 1. The maximum absolute atomic E-state index is 11.7. The molecule has 5 heteroatoms. The number of ether oxygens (including phenoxy) is 1. The molecule has 4 nitrogen and oxygen atoms in total. The van der Waals surface area contributed by atoms with Gasteiger partial charge in [-0.3, -0.25) is 4.79 Å². The average Bonchev–Trinajstić information content (AvgIpc) is 2.96. The molecule has 1 aliphatic heterocycles. The molecule has 110 valence electrons. The van der Waals surface area contributed by atoms with E-state index in [1.165, 1.54) is 6.42 Å². The first-order valence-corrected chi connectivity index (χ1v) is 7.51. The van der Waals surface area contributed by atoms with E-state index in [4.69, 9.17) is 16.3 Å². The van der Waals surface area contributed by atoms with Gasteiger partial charge in [-0.25, -0.2) is 0 Å². The molecular formula is C15H21ClN2O2. The second-order valence-electron chi connectivity index (χ2n) is 4.98. The van der Waals surface area contributed by atoms with Crippen LogP contribution < -0.4 is 15.4 Å². The fraction of sp³-hybridized carbons (Fsp3) is 0.533. The van der Waals surface area contributed by atoms with Crippen LogP contribution in [-0.2, 0) is 4.79 Å². The Morgan fingerprint density at radius 3 is 3.05 bits per heavy atom. The first-order chi connectivity index (χ1) is 9.75. The number of rotatable bonds is 7. The largest absolute Gasteiger partial charge is 0.492 e. The van der Waals surface area contributed by atoms with Gasteiger partial charge in [-0.2, -0.15) is 0 Å². The van der Waals surface area contributed by atoms with Crippen molar-refractivity contribution in [2.75, 3.05) is 19.7 Å².